The van der Waals surface area contributed by atoms with Crippen LogP contribution in [0, 0.1) is 0 Å². The van der Waals surface area contributed by atoms with Gasteiger partial charge in [0.05, 0.1) is 0 Å². The normalized spacial score (nSPS) is 19.9. The number of likely N-dealkylation sites (tertiary alicyclic amines) is 1. The summed E-state index contributed by atoms with van der Waals surface area (Å²) in [6.45, 7) is 5.65. The monoisotopic (exact) mass is 479 g/mol. The lowest BCUT2D eigenvalue weighted by Gasteiger charge is -2.36. The third kappa shape index (κ3) is 7.98. The molecule has 2 aliphatic rings. The van der Waals surface area contributed by atoms with Gasteiger partial charge in [0.1, 0.15) is 6.54 Å². The fraction of sp³-hybridized carbons (Fsp3) is 0.895. The summed E-state index contributed by atoms with van der Waals surface area (Å²) in [5.41, 5.74) is 0. The van der Waals surface area contributed by atoms with Crippen LogP contribution in [0.5, 0.6) is 0 Å². The molecule has 0 aromatic carbocycles. The highest BCUT2D eigenvalue weighted by atomic mass is 127. The number of carbonyl (C=O) groups is 1. The molecular formula is C19H38IN5O. The van der Waals surface area contributed by atoms with E-state index >= 15 is 0 Å². The van der Waals surface area contributed by atoms with Gasteiger partial charge in [0.25, 0.3) is 0 Å². The van der Waals surface area contributed by atoms with Crippen molar-refractivity contribution in [2.24, 2.45) is 4.99 Å². The van der Waals surface area contributed by atoms with E-state index < -0.39 is 0 Å². The molecule has 6 nitrogen and oxygen atoms in total. The highest BCUT2D eigenvalue weighted by Gasteiger charge is 2.27. The second-order valence-electron chi connectivity index (χ2n) is 7.63. The minimum Gasteiger partial charge on any atom is -0.356 e. The van der Waals surface area contributed by atoms with E-state index in [-0.39, 0.29) is 36.4 Å². The van der Waals surface area contributed by atoms with Gasteiger partial charge >= 0.3 is 0 Å². The Morgan fingerprint density at radius 3 is 2.38 bits per heavy atom. The lowest BCUT2D eigenvalue weighted by atomic mass is 10.0. The first-order chi connectivity index (χ1) is 12.1. The number of aliphatic imine (C=N–C) groups is 1. The maximum atomic E-state index is 11.8. The Hall–Kier alpha value is -0.570. The standard InChI is InChI=1S/C19H37N5O.HI/c1-4-5-12-20-19(21-15-18(25)23(2)3)22-16-10-13-24(14-11-16)17-8-6-7-9-17;/h16-17H,4-15H2,1-3H3,(H2,20,21,22);1H. The number of nitrogens with zero attached hydrogens (tertiary/aromatic N) is 3. The summed E-state index contributed by atoms with van der Waals surface area (Å²) in [6.07, 6.45) is 10.2. The van der Waals surface area contributed by atoms with Crippen LogP contribution in [0.3, 0.4) is 0 Å². The van der Waals surface area contributed by atoms with Gasteiger partial charge in [-0.05, 0) is 32.1 Å². The van der Waals surface area contributed by atoms with E-state index in [0.29, 0.717) is 6.04 Å². The largest absolute Gasteiger partial charge is 0.356 e. The van der Waals surface area contributed by atoms with E-state index in [1.165, 1.54) is 38.8 Å². The Kier molecular flexibility index (Phi) is 11.5. The Morgan fingerprint density at radius 1 is 1.15 bits per heavy atom. The molecule has 0 radical (unpaired) electrons. The molecule has 26 heavy (non-hydrogen) atoms. The molecule has 2 N–H and O–H groups in total. The van der Waals surface area contributed by atoms with Crippen molar-refractivity contribution < 1.29 is 4.79 Å². The molecule has 0 unspecified atom stereocenters. The van der Waals surface area contributed by atoms with Gasteiger partial charge in [0, 0.05) is 45.8 Å². The van der Waals surface area contributed by atoms with Crippen LogP contribution in [0.15, 0.2) is 4.99 Å². The number of halogens is 1. The van der Waals surface area contributed by atoms with Crippen LogP contribution in [0.4, 0.5) is 0 Å². The average molecular weight is 479 g/mol. The van der Waals surface area contributed by atoms with Gasteiger partial charge in [0.2, 0.25) is 5.91 Å². The zero-order chi connectivity index (χ0) is 18.1. The molecule has 152 valence electrons. The van der Waals surface area contributed by atoms with E-state index in [2.05, 4.69) is 27.4 Å². The minimum absolute atomic E-state index is 0. The molecule has 0 aromatic rings. The molecule has 0 spiro atoms. The van der Waals surface area contributed by atoms with Crippen molar-refractivity contribution in [1.29, 1.82) is 0 Å². The van der Waals surface area contributed by atoms with Crippen LogP contribution in [-0.2, 0) is 4.79 Å². The van der Waals surface area contributed by atoms with Crippen molar-refractivity contribution in [3.63, 3.8) is 0 Å². The van der Waals surface area contributed by atoms with Crippen molar-refractivity contribution in [1.82, 2.24) is 20.4 Å². The number of hydrogen-bond donors (Lipinski definition) is 2. The predicted molar refractivity (Wildman–Crippen MR) is 119 cm³/mol. The van der Waals surface area contributed by atoms with Gasteiger partial charge in [-0.25, -0.2) is 4.99 Å². The smallest absolute Gasteiger partial charge is 0.243 e. The Balaban J connectivity index is 0.00000338. The Labute approximate surface area is 176 Å². The van der Waals surface area contributed by atoms with Crippen molar-refractivity contribution in [2.45, 2.75) is 70.4 Å². The fourth-order valence-electron chi connectivity index (χ4n) is 3.70. The van der Waals surface area contributed by atoms with Gasteiger partial charge in [0.15, 0.2) is 5.96 Å². The summed E-state index contributed by atoms with van der Waals surface area (Å²) in [7, 11) is 3.54. The lowest BCUT2D eigenvalue weighted by Crippen LogP contribution is -2.50. The lowest BCUT2D eigenvalue weighted by molar-refractivity contribution is -0.127. The third-order valence-corrected chi connectivity index (χ3v) is 5.41. The second-order valence-corrected chi connectivity index (χ2v) is 7.63. The van der Waals surface area contributed by atoms with Gasteiger partial charge in [-0.3, -0.25) is 4.79 Å². The Morgan fingerprint density at radius 2 is 1.81 bits per heavy atom. The van der Waals surface area contributed by atoms with Crippen molar-refractivity contribution in [3.8, 4) is 0 Å². The number of carbonyl (C=O) groups excluding carboxylic acids is 1. The highest BCUT2D eigenvalue weighted by molar-refractivity contribution is 14.0. The molecule has 1 saturated heterocycles. The molecule has 1 aliphatic carbocycles. The molecule has 0 atom stereocenters. The van der Waals surface area contributed by atoms with E-state index in [0.717, 1.165) is 44.2 Å². The second kappa shape index (κ2) is 12.8. The van der Waals surface area contributed by atoms with Crippen LogP contribution in [0.25, 0.3) is 0 Å². The van der Waals surface area contributed by atoms with Gasteiger partial charge < -0.3 is 20.4 Å². The predicted octanol–water partition coefficient (Wildman–Crippen LogP) is 2.43. The summed E-state index contributed by atoms with van der Waals surface area (Å²) >= 11 is 0. The molecule has 2 fully saturated rings. The maximum absolute atomic E-state index is 11.8. The van der Waals surface area contributed by atoms with Crippen molar-refractivity contribution >= 4 is 35.8 Å². The number of hydrogen-bond acceptors (Lipinski definition) is 3. The quantitative estimate of drug-likeness (QED) is 0.255. The topological polar surface area (TPSA) is 60.0 Å². The van der Waals surface area contributed by atoms with Crippen LogP contribution in [0.2, 0.25) is 0 Å². The minimum atomic E-state index is 0. The zero-order valence-electron chi connectivity index (χ0n) is 16.8. The van der Waals surface area contributed by atoms with Crippen molar-refractivity contribution in [2.75, 3.05) is 40.3 Å². The number of guanidine groups is 1. The van der Waals surface area contributed by atoms with E-state index in [9.17, 15) is 4.79 Å². The summed E-state index contributed by atoms with van der Waals surface area (Å²) in [5.74, 6) is 0.829. The molecule has 1 heterocycles. The van der Waals surface area contributed by atoms with E-state index in [4.69, 9.17) is 0 Å². The first kappa shape index (κ1) is 23.5. The number of unbranched alkanes of at least 4 members (excludes halogenated alkanes) is 1. The average Bonchev–Trinajstić information content (AvgIpc) is 3.14. The molecular weight excluding hydrogens is 441 g/mol. The summed E-state index contributed by atoms with van der Waals surface area (Å²) in [4.78, 5) is 20.6. The number of amides is 1. The van der Waals surface area contributed by atoms with E-state index in [1.807, 2.05) is 0 Å². The molecule has 1 saturated carbocycles. The first-order valence-corrected chi connectivity index (χ1v) is 10.1. The molecule has 0 aromatic heterocycles. The van der Waals surface area contributed by atoms with Crippen LogP contribution in [0.1, 0.15) is 58.3 Å². The zero-order valence-corrected chi connectivity index (χ0v) is 19.1. The fourth-order valence-corrected chi connectivity index (χ4v) is 3.70. The number of likely N-dealkylation sites (N-methyl/N-ethyl adjacent to an activating group) is 1. The summed E-state index contributed by atoms with van der Waals surface area (Å²) in [6, 6.07) is 1.29. The van der Waals surface area contributed by atoms with Crippen LogP contribution < -0.4 is 10.6 Å². The summed E-state index contributed by atoms with van der Waals surface area (Å²) < 4.78 is 0. The number of nitrogens with one attached hydrogen (secondary N) is 2. The van der Waals surface area contributed by atoms with Gasteiger partial charge in [-0.2, -0.15) is 0 Å². The molecule has 7 heteroatoms. The third-order valence-electron chi connectivity index (χ3n) is 5.41. The highest BCUT2D eigenvalue weighted by Crippen LogP contribution is 2.26. The molecule has 2 rings (SSSR count). The van der Waals surface area contributed by atoms with E-state index in [1.54, 1.807) is 19.0 Å². The summed E-state index contributed by atoms with van der Waals surface area (Å²) in [5, 5.41) is 6.94. The van der Waals surface area contributed by atoms with Gasteiger partial charge in [-0.15, -0.1) is 24.0 Å². The number of piperidine rings is 1. The number of rotatable bonds is 7. The SMILES string of the molecule is CCCCNC(=NCC(=O)N(C)C)NC1CCN(C2CCCC2)CC1.I. The molecule has 1 amide bonds. The Bertz CT molecular complexity index is 430. The van der Waals surface area contributed by atoms with Gasteiger partial charge in [-0.1, -0.05) is 26.2 Å². The molecule has 0 bridgehead atoms. The maximum Gasteiger partial charge on any atom is 0.243 e. The van der Waals surface area contributed by atoms with Crippen LogP contribution in [-0.4, -0.2) is 74.0 Å². The van der Waals surface area contributed by atoms with Crippen LogP contribution >= 0.6 is 24.0 Å². The first-order valence-electron chi connectivity index (χ1n) is 10.1. The molecule has 1 aliphatic heterocycles. The van der Waals surface area contributed by atoms with Crippen molar-refractivity contribution in [3.05, 3.63) is 0 Å².